The highest BCUT2D eigenvalue weighted by Crippen LogP contribution is 2.39. The Morgan fingerprint density at radius 1 is 1.14 bits per heavy atom. The first-order chi connectivity index (χ1) is 10.0. The van der Waals surface area contributed by atoms with E-state index in [1.54, 1.807) is 0 Å². The minimum Gasteiger partial charge on any atom is -0.323 e. The number of halogens is 1. The van der Waals surface area contributed by atoms with Crippen molar-refractivity contribution < 1.29 is 4.39 Å². The van der Waals surface area contributed by atoms with Crippen molar-refractivity contribution in [3.63, 3.8) is 0 Å². The zero-order valence-electron chi connectivity index (χ0n) is 13.6. The molecule has 1 aliphatic heterocycles. The van der Waals surface area contributed by atoms with Crippen molar-refractivity contribution in [3.05, 3.63) is 35.6 Å². The summed E-state index contributed by atoms with van der Waals surface area (Å²) in [5, 5.41) is 0. The van der Waals surface area contributed by atoms with Gasteiger partial charge in [-0.3, -0.25) is 4.90 Å². The Kier molecular flexibility index (Phi) is 5.39. The van der Waals surface area contributed by atoms with Crippen LogP contribution in [0.2, 0.25) is 0 Å². The maximum absolute atomic E-state index is 13.0. The van der Waals surface area contributed by atoms with Crippen LogP contribution >= 0.6 is 0 Å². The number of hydrogen-bond donors (Lipinski definition) is 1. The molecule has 0 aliphatic carbocycles. The molecule has 1 aromatic rings. The number of likely N-dealkylation sites (tertiary alicyclic amines) is 1. The highest BCUT2D eigenvalue weighted by molar-refractivity contribution is 5.21. The molecule has 2 nitrogen and oxygen atoms in total. The van der Waals surface area contributed by atoms with E-state index in [1.165, 1.54) is 37.8 Å². The second-order valence-electron chi connectivity index (χ2n) is 6.56. The summed E-state index contributed by atoms with van der Waals surface area (Å²) in [6, 6.07) is 6.85. The fourth-order valence-corrected chi connectivity index (χ4v) is 3.55. The molecule has 2 unspecified atom stereocenters. The summed E-state index contributed by atoms with van der Waals surface area (Å²) in [4.78, 5) is 2.50. The molecule has 0 amide bonds. The molecule has 0 spiro atoms. The lowest BCUT2D eigenvalue weighted by molar-refractivity contribution is 0.0631. The van der Waals surface area contributed by atoms with Gasteiger partial charge >= 0.3 is 0 Å². The molecule has 21 heavy (non-hydrogen) atoms. The Morgan fingerprint density at radius 3 is 2.14 bits per heavy atom. The van der Waals surface area contributed by atoms with Crippen molar-refractivity contribution in [2.24, 2.45) is 11.1 Å². The lowest BCUT2D eigenvalue weighted by Gasteiger charge is -2.44. The lowest BCUT2D eigenvalue weighted by Crippen LogP contribution is -2.47. The topological polar surface area (TPSA) is 29.3 Å². The van der Waals surface area contributed by atoms with Gasteiger partial charge in [0.15, 0.2) is 0 Å². The monoisotopic (exact) mass is 292 g/mol. The molecule has 2 rings (SSSR count). The van der Waals surface area contributed by atoms with Crippen LogP contribution in [0.25, 0.3) is 0 Å². The van der Waals surface area contributed by atoms with Crippen LogP contribution in [-0.4, -0.2) is 24.0 Å². The van der Waals surface area contributed by atoms with Gasteiger partial charge in [-0.15, -0.1) is 0 Å². The fourth-order valence-electron chi connectivity index (χ4n) is 3.55. The minimum absolute atomic E-state index is 0.0543. The first-order valence-electron chi connectivity index (χ1n) is 8.26. The normalized spacial score (nSPS) is 22.0. The SMILES string of the molecule is CCC1(CC)CCN(C(C)C(N)c2ccc(F)cc2)CC1. The van der Waals surface area contributed by atoms with Crippen LogP contribution < -0.4 is 5.73 Å². The van der Waals surface area contributed by atoms with Gasteiger partial charge in [-0.2, -0.15) is 0 Å². The molecule has 1 aliphatic rings. The van der Waals surface area contributed by atoms with Crippen LogP contribution in [0.3, 0.4) is 0 Å². The van der Waals surface area contributed by atoms with Crippen molar-refractivity contribution in [1.82, 2.24) is 4.90 Å². The molecular weight excluding hydrogens is 263 g/mol. The van der Waals surface area contributed by atoms with Gasteiger partial charge in [0, 0.05) is 12.1 Å². The van der Waals surface area contributed by atoms with E-state index in [0.29, 0.717) is 11.5 Å². The van der Waals surface area contributed by atoms with Crippen molar-refractivity contribution in [2.75, 3.05) is 13.1 Å². The standard InChI is InChI=1S/C18H29FN2/c1-4-18(5-2)10-12-21(13-11-18)14(3)17(20)15-6-8-16(19)9-7-15/h6-9,14,17H,4-5,10-13,20H2,1-3H3. The zero-order chi connectivity index (χ0) is 15.5. The molecule has 118 valence electrons. The summed E-state index contributed by atoms with van der Waals surface area (Å²) in [5.74, 6) is -0.202. The predicted molar refractivity (Wildman–Crippen MR) is 86.6 cm³/mol. The quantitative estimate of drug-likeness (QED) is 0.884. The van der Waals surface area contributed by atoms with Crippen molar-refractivity contribution in [1.29, 1.82) is 0 Å². The summed E-state index contributed by atoms with van der Waals surface area (Å²) in [5.41, 5.74) is 7.95. The average Bonchev–Trinajstić information content (AvgIpc) is 2.54. The van der Waals surface area contributed by atoms with Gasteiger partial charge < -0.3 is 5.73 Å². The number of piperidine rings is 1. The second-order valence-corrected chi connectivity index (χ2v) is 6.56. The molecule has 0 saturated carbocycles. The van der Waals surface area contributed by atoms with E-state index in [-0.39, 0.29) is 11.9 Å². The number of hydrogen-bond acceptors (Lipinski definition) is 2. The van der Waals surface area contributed by atoms with Crippen molar-refractivity contribution in [2.45, 2.75) is 58.5 Å². The van der Waals surface area contributed by atoms with E-state index in [0.717, 1.165) is 18.7 Å². The largest absolute Gasteiger partial charge is 0.323 e. The third-order valence-electron chi connectivity index (χ3n) is 5.71. The summed E-state index contributed by atoms with van der Waals surface area (Å²) in [6.07, 6.45) is 5.08. The molecule has 0 aromatic heterocycles. The third-order valence-corrected chi connectivity index (χ3v) is 5.71. The maximum Gasteiger partial charge on any atom is 0.123 e. The zero-order valence-corrected chi connectivity index (χ0v) is 13.6. The smallest absolute Gasteiger partial charge is 0.123 e. The van der Waals surface area contributed by atoms with Gasteiger partial charge in [-0.25, -0.2) is 4.39 Å². The van der Waals surface area contributed by atoms with Crippen LogP contribution in [0.5, 0.6) is 0 Å². The number of nitrogens with zero attached hydrogens (tertiary/aromatic N) is 1. The molecule has 0 radical (unpaired) electrons. The van der Waals surface area contributed by atoms with E-state index in [9.17, 15) is 4.39 Å². The fraction of sp³-hybridized carbons (Fsp3) is 0.667. The van der Waals surface area contributed by atoms with Gasteiger partial charge in [-0.05, 0) is 56.0 Å². The average molecular weight is 292 g/mol. The van der Waals surface area contributed by atoms with Gasteiger partial charge in [0.25, 0.3) is 0 Å². The van der Waals surface area contributed by atoms with Crippen LogP contribution in [0, 0.1) is 11.2 Å². The Balaban J connectivity index is 1.98. The molecule has 1 heterocycles. The third kappa shape index (κ3) is 3.64. The molecule has 1 aromatic carbocycles. The molecule has 2 atom stereocenters. The van der Waals surface area contributed by atoms with Crippen LogP contribution in [0.15, 0.2) is 24.3 Å². The molecular formula is C18H29FN2. The number of benzene rings is 1. The highest BCUT2D eigenvalue weighted by atomic mass is 19.1. The van der Waals surface area contributed by atoms with E-state index in [4.69, 9.17) is 5.73 Å². The minimum atomic E-state index is -0.202. The summed E-state index contributed by atoms with van der Waals surface area (Å²) in [7, 11) is 0. The van der Waals surface area contributed by atoms with Crippen molar-refractivity contribution >= 4 is 0 Å². The first kappa shape index (κ1) is 16.4. The lowest BCUT2D eigenvalue weighted by atomic mass is 9.74. The molecule has 2 N–H and O–H groups in total. The van der Waals surface area contributed by atoms with Gasteiger partial charge in [-0.1, -0.05) is 38.8 Å². The van der Waals surface area contributed by atoms with Crippen LogP contribution in [-0.2, 0) is 0 Å². The van der Waals surface area contributed by atoms with E-state index < -0.39 is 0 Å². The van der Waals surface area contributed by atoms with E-state index in [2.05, 4.69) is 25.7 Å². The summed E-state index contributed by atoms with van der Waals surface area (Å²) < 4.78 is 13.0. The first-order valence-corrected chi connectivity index (χ1v) is 8.26. The van der Waals surface area contributed by atoms with Gasteiger partial charge in [0.1, 0.15) is 5.82 Å². The van der Waals surface area contributed by atoms with E-state index in [1.807, 2.05) is 12.1 Å². The van der Waals surface area contributed by atoms with Crippen LogP contribution in [0.1, 0.15) is 58.1 Å². The number of rotatable bonds is 5. The Labute approximate surface area is 128 Å². The van der Waals surface area contributed by atoms with Gasteiger partial charge in [0.05, 0.1) is 0 Å². The van der Waals surface area contributed by atoms with E-state index >= 15 is 0 Å². The second kappa shape index (κ2) is 6.89. The molecule has 0 bridgehead atoms. The maximum atomic E-state index is 13.0. The number of nitrogens with two attached hydrogens (primary N) is 1. The Hall–Kier alpha value is -0.930. The summed E-state index contributed by atoms with van der Waals surface area (Å²) >= 11 is 0. The Bertz CT molecular complexity index is 429. The van der Waals surface area contributed by atoms with Crippen LogP contribution in [0.4, 0.5) is 4.39 Å². The summed E-state index contributed by atoms with van der Waals surface area (Å²) in [6.45, 7) is 9.06. The Morgan fingerprint density at radius 2 is 1.67 bits per heavy atom. The molecule has 1 saturated heterocycles. The molecule has 3 heteroatoms. The van der Waals surface area contributed by atoms with Crippen molar-refractivity contribution in [3.8, 4) is 0 Å². The van der Waals surface area contributed by atoms with Gasteiger partial charge in [0.2, 0.25) is 0 Å². The molecule has 1 fully saturated rings. The highest BCUT2D eigenvalue weighted by Gasteiger charge is 2.34. The predicted octanol–water partition coefficient (Wildman–Crippen LogP) is 4.12.